The molecule has 2 heterocycles. The highest BCUT2D eigenvalue weighted by Gasteiger charge is 2.38. The molecule has 1 aromatic rings. The van der Waals surface area contributed by atoms with Crippen LogP contribution in [0.25, 0.3) is 0 Å². The Bertz CT molecular complexity index is 665. The Kier molecular flexibility index (Phi) is 3.87. The maximum absolute atomic E-state index is 12.8. The second-order valence-corrected chi connectivity index (χ2v) is 5.95. The first-order valence-corrected chi connectivity index (χ1v) is 7.35. The SMILES string of the molecule is O=C(c1cc(Cl)cc(C(F)(F)F)c1)N1CCN2C(=O)NCC2C1. The standard InChI is InChI=1S/C14H13ClF3N3O2/c15-10-4-8(3-9(5-10)14(16,17)18)12(22)20-1-2-21-11(7-20)6-19-13(21)23/h3-5,11H,1-2,6-7H2,(H,19,23). The largest absolute Gasteiger partial charge is 0.416 e. The van der Waals surface area contributed by atoms with Crippen LogP contribution in [0.15, 0.2) is 18.2 Å². The Morgan fingerprint density at radius 1 is 1.26 bits per heavy atom. The number of amides is 3. The van der Waals surface area contributed by atoms with Gasteiger partial charge in [0.2, 0.25) is 0 Å². The van der Waals surface area contributed by atoms with Crippen molar-refractivity contribution in [2.45, 2.75) is 12.2 Å². The first-order chi connectivity index (χ1) is 10.8. The minimum absolute atomic E-state index is 0.101. The van der Waals surface area contributed by atoms with Gasteiger partial charge in [-0.15, -0.1) is 0 Å². The number of carbonyl (C=O) groups excluding carboxylic acids is 2. The number of hydrogen-bond donors (Lipinski definition) is 1. The molecule has 0 radical (unpaired) electrons. The smallest absolute Gasteiger partial charge is 0.336 e. The van der Waals surface area contributed by atoms with Gasteiger partial charge in [0.15, 0.2) is 0 Å². The van der Waals surface area contributed by atoms with Crippen LogP contribution in [0.4, 0.5) is 18.0 Å². The molecule has 0 bridgehead atoms. The molecule has 9 heteroatoms. The molecule has 2 fully saturated rings. The van der Waals surface area contributed by atoms with Crippen molar-refractivity contribution < 1.29 is 22.8 Å². The summed E-state index contributed by atoms with van der Waals surface area (Å²) in [5.41, 5.74) is -1.06. The zero-order chi connectivity index (χ0) is 16.8. The third kappa shape index (κ3) is 3.08. The molecular formula is C14H13ClF3N3O2. The van der Waals surface area contributed by atoms with Crippen molar-refractivity contribution in [3.63, 3.8) is 0 Å². The highest BCUT2D eigenvalue weighted by molar-refractivity contribution is 6.31. The van der Waals surface area contributed by atoms with Gasteiger partial charge in [-0.3, -0.25) is 4.79 Å². The molecule has 5 nitrogen and oxygen atoms in total. The third-order valence-corrected chi connectivity index (χ3v) is 4.21. The topological polar surface area (TPSA) is 52.7 Å². The van der Waals surface area contributed by atoms with Gasteiger partial charge < -0.3 is 15.1 Å². The Labute approximate surface area is 135 Å². The molecule has 0 aliphatic carbocycles. The Morgan fingerprint density at radius 3 is 2.70 bits per heavy atom. The number of fused-ring (bicyclic) bond motifs is 1. The van der Waals surface area contributed by atoms with Crippen molar-refractivity contribution in [3.05, 3.63) is 34.3 Å². The molecule has 0 saturated carbocycles. The Hall–Kier alpha value is -1.96. The van der Waals surface area contributed by atoms with Crippen molar-refractivity contribution in [2.24, 2.45) is 0 Å². The highest BCUT2D eigenvalue weighted by atomic mass is 35.5. The van der Waals surface area contributed by atoms with Crippen LogP contribution in [-0.2, 0) is 6.18 Å². The predicted molar refractivity (Wildman–Crippen MR) is 76.3 cm³/mol. The Balaban J connectivity index is 1.81. The van der Waals surface area contributed by atoms with E-state index in [2.05, 4.69) is 5.32 Å². The summed E-state index contributed by atoms with van der Waals surface area (Å²) < 4.78 is 38.5. The number of piperazine rings is 1. The van der Waals surface area contributed by atoms with Gasteiger partial charge in [0.1, 0.15) is 0 Å². The lowest BCUT2D eigenvalue weighted by Gasteiger charge is -2.36. The molecule has 2 saturated heterocycles. The summed E-state index contributed by atoms with van der Waals surface area (Å²) in [4.78, 5) is 27.1. The van der Waals surface area contributed by atoms with Crippen LogP contribution in [0.3, 0.4) is 0 Å². The molecule has 0 aromatic heterocycles. The third-order valence-electron chi connectivity index (χ3n) is 3.99. The summed E-state index contributed by atoms with van der Waals surface area (Å²) in [6.07, 6.45) is -4.57. The van der Waals surface area contributed by atoms with Crippen molar-refractivity contribution in [1.29, 1.82) is 0 Å². The van der Waals surface area contributed by atoms with E-state index in [4.69, 9.17) is 11.6 Å². The molecule has 0 spiro atoms. The van der Waals surface area contributed by atoms with Gasteiger partial charge >= 0.3 is 12.2 Å². The Morgan fingerprint density at radius 2 is 2.00 bits per heavy atom. The van der Waals surface area contributed by atoms with Crippen molar-refractivity contribution >= 4 is 23.5 Å². The average Bonchev–Trinajstić information content (AvgIpc) is 2.86. The van der Waals surface area contributed by atoms with Crippen molar-refractivity contribution in [3.8, 4) is 0 Å². The lowest BCUT2D eigenvalue weighted by molar-refractivity contribution is -0.137. The van der Waals surface area contributed by atoms with E-state index in [1.54, 1.807) is 4.90 Å². The summed E-state index contributed by atoms with van der Waals surface area (Å²) in [7, 11) is 0. The number of rotatable bonds is 1. The number of alkyl halides is 3. The molecular weight excluding hydrogens is 335 g/mol. The van der Waals surface area contributed by atoms with E-state index in [0.29, 0.717) is 13.1 Å². The molecule has 1 atom stereocenters. The first kappa shape index (κ1) is 15.9. The summed E-state index contributed by atoms with van der Waals surface area (Å²) in [6, 6.07) is 2.49. The van der Waals surface area contributed by atoms with Crippen LogP contribution in [0.1, 0.15) is 15.9 Å². The van der Waals surface area contributed by atoms with Crippen LogP contribution in [-0.4, -0.2) is 54.0 Å². The molecule has 2 aliphatic heterocycles. The van der Waals surface area contributed by atoms with Gasteiger partial charge in [-0.05, 0) is 18.2 Å². The molecule has 3 rings (SSSR count). The number of benzene rings is 1. The quantitative estimate of drug-likeness (QED) is 0.847. The van der Waals surface area contributed by atoms with E-state index in [-0.39, 0.29) is 35.7 Å². The molecule has 3 amide bonds. The second kappa shape index (κ2) is 5.59. The number of hydrogen-bond acceptors (Lipinski definition) is 2. The summed E-state index contributed by atoms with van der Waals surface area (Å²) in [5, 5.41) is 2.54. The number of nitrogens with zero attached hydrogens (tertiary/aromatic N) is 2. The van der Waals surface area contributed by atoms with Gasteiger partial charge in [0.05, 0.1) is 11.6 Å². The summed E-state index contributed by atoms with van der Waals surface area (Å²) in [5.74, 6) is -0.517. The number of urea groups is 1. The fourth-order valence-corrected chi connectivity index (χ4v) is 3.08. The van der Waals surface area contributed by atoms with E-state index in [0.717, 1.165) is 12.1 Å². The monoisotopic (exact) mass is 347 g/mol. The predicted octanol–water partition coefficient (Wildman–Crippen LogP) is 2.21. The van der Waals surface area contributed by atoms with Crippen LogP contribution in [0.5, 0.6) is 0 Å². The van der Waals surface area contributed by atoms with Gasteiger partial charge in [0.25, 0.3) is 5.91 Å². The summed E-state index contributed by atoms with van der Waals surface area (Å²) >= 11 is 5.71. The maximum Gasteiger partial charge on any atom is 0.416 e. The fourth-order valence-electron chi connectivity index (χ4n) is 2.85. The maximum atomic E-state index is 12.8. The summed E-state index contributed by atoms with van der Waals surface area (Å²) in [6.45, 7) is 1.34. The number of nitrogens with one attached hydrogen (secondary N) is 1. The van der Waals surface area contributed by atoms with Gasteiger partial charge in [-0.1, -0.05) is 11.6 Å². The minimum Gasteiger partial charge on any atom is -0.336 e. The van der Waals surface area contributed by atoms with E-state index >= 15 is 0 Å². The van der Waals surface area contributed by atoms with Crippen LogP contribution < -0.4 is 5.32 Å². The zero-order valence-electron chi connectivity index (χ0n) is 11.9. The van der Waals surface area contributed by atoms with Gasteiger partial charge in [-0.2, -0.15) is 13.2 Å². The lowest BCUT2D eigenvalue weighted by atomic mass is 10.1. The number of halogens is 4. The normalized spacial score (nSPS) is 21.2. The van der Waals surface area contributed by atoms with Crippen LogP contribution >= 0.6 is 11.6 Å². The highest BCUT2D eigenvalue weighted by Crippen LogP contribution is 2.32. The number of carbonyl (C=O) groups is 2. The van der Waals surface area contributed by atoms with Crippen molar-refractivity contribution in [2.75, 3.05) is 26.2 Å². The zero-order valence-corrected chi connectivity index (χ0v) is 12.6. The van der Waals surface area contributed by atoms with Gasteiger partial charge in [-0.25, -0.2) is 4.79 Å². The fraction of sp³-hybridized carbons (Fsp3) is 0.429. The molecule has 1 unspecified atom stereocenters. The molecule has 2 aliphatic rings. The molecule has 1 aromatic carbocycles. The van der Waals surface area contributed by atoms with Crippen LogP contribution in [0.2, 0.25) is 5.02 Å². The minimum atomic E-state index is -4.57. The average molecular weight is 348 g/mol. The van der Waals surface area contributed by atoms with Crippen molar-refractivity contribution in [1.82, 2.24) is 15.1 Å². The second-order valence-electron chi connectivity index (χ2n) is 5.51. The van der Waals surface area contributed by atoms with E-state index in [9.17, 15) is 22.8 Å². The molecule has 23 heavy (non-hydrogen) atoms. The van der Waals surface area contributed by atoms with E-state index < -0.39 is 17.6 Å². The lowest BCUT2D eigenvalue weighted by Crippen LogP contribution is -2.53. The first-order valence-electron chi connectivity index (χ1n) is 6.97. The van der Waals surface area contributed by atoms with E-state index in [1.807, 2.05) is 0 Å². The van der Waals surface area contributed by atoms with E-state index in [1.165, 1.54) is 11.0 Å². The molecule has 124 valence electrons. The molecule has 1 N–H and O–H groups in total. The van der Waals surface area contributed by atoms with Crippen LogP contribution in [0, 0.1) is 0 Å². The van der Waals surface area contributed by atoms with Gasteiger partial charge in [0, 0.05) is 36.8 Å².